The normalized spacial score (nSPS) is 23.5. The molecule has 16 heavy (non-hydrogen) atoms. The van der Waals surface area contributed by atoms with Crippen LogP contribution in [-0.4, -0.2) is 19.6 Å². The second-order valence-electron chi connectivity index (χ2n) is 4.25. The number of hydrogen-bond donors (Lipinski definition) is 1. The average Bonchev–Trinajstić information content (AvgIpc) is 2.34. The number of benzene rings is 1. The van der Waals surface area contributed by atoms with Gasteiger partial charge in [-0.15, -0.1) is 0 Å². The molecule has 1 aliphatic rings. The number of carbonyl (C=O) groups is 1. The van der Waals surface area contributed by atoms with Gasteiger partial charge in [-0.25, -0.2) is 0 Å². The van der Waals surface area contributed by atoms with Crippen molar-refractivity contribution in [2.45, 2.75) is 25.2 Å². The van der Waals surface area contributed by atoms with E-state index in [2.05, 4.69) is 12.2 Å². The van der Waals surface area contributed by atoms with Crippen molar-refractivity contribution < 1.29 is 9.53 Å². The molecule has 1 amide bonds. The molecule has 0 radical (unpaired) electrons. The molecule has 0 aliphatic carbocycles. The summed E-state index contributed by atoms with van der Waals surface area (Å²) in [5.41, 5.74) is 0.751. The van der Waals surface area contributed by atoms with E-state index in [1.165, 1.54) is 0 Å². The van der Waals surface area contributed by atoms with Gasteiger partial charge in [0.1, 0.15) is 5.75 Å². The molecule has 1 aromatic rings. The summed E-state index contributed by atoms with van der Waals surface area (Å²) >= 11 is 0. The zero-order valence-corrected chi connectivity index (χ0v) is 9.75. The van der Waals surface area contributed by atoms with E-state index >= 15 is 0 Å². The third kappa shape index (κ3) is 1.56. The summed E-state index contributed by atoms with van der Waals surface area (Å²) in [4.78, 5) is 11.8. The quantitative estimate of drug-likeness (QED) is 0.785. The van der Waals surface area contributed by atoms with E-state index in [-0.39, 0.29) is 11.3 Å². The van der Waals surface area contributed by atoms with Gasteiger partial charge in [-0.1, -0.05) is 25.5 Å². The van der Waals surface area contributed by atoms with Gasteiger partial charge in [0.2, 0.25) is 5.91 Å². The summed E-state index contributed by atoms with van der Waals surface area (Å²) in [6.45, 7) is 2.85. The first kappa shape index (κ1) is 11.0. The van der Waals surface area contributed by atoms with E-state index in [1.54, 1.807) is 7.11 Å². The summed E-state index contributed by atoms with van der Waals surface area (Å²) in [5.74, 6) is 0.954. The Labute approximate surface area is 95.8 Å². The Kier molecular flexibility index (Phi) is 2.86. The molecule has 0 bridgehead atoms. The minimum absolute atomic E-state index is 0.141. The molecule has 1 fully saturated rings. The Morgan fingerprint density at radius 1 is 1.50 bits per heavy atom. The average molecular weight is 219 g/mol. The molecule has 1 N–H and O–H groups in total. The maximum absolute atomic E-state index is 11.8. The molecule has 1 aliphatic heterocycles. The molecule has 0 aromatic heterocycles. The van der Waals surface area contributed by atoms with E-state index in [4.69, 9.17) is 4.74 Å². The van der Waals surface area contributed by atoms with Gasteiger partial charge in [0, 0.05) is 6.54 Å². The van der Waals surface area contributed by atoms with Crippen LogP contribution in [0, 0.1) is 0 Å². The third-order valence-corrected chi connectivity index (χ3v) is 3.28. The van der Waals surface area contributed by atoms with Gasteiger partial charge in [-0.05, 0) is 24.1 Å². The molecule has 0 saturated carbocycles. The van der Waals surface area contributed by atoms with Gasteiger partial charge in [-0.2, -0.15) is 0 Å². The molecular weight excluding hydrogens is 202 g/mol. The van der Waals surface area contributed by atoms with Crippen LogP contribution < -0.4 is 10.1 Å². The molecule has 1 heterocycles. The summed E-state index contributed by atoms with van der Waals surface area (Å²) in [6.07, 6.45) is 1.90. The molecule has 2 rings (SSSR count). The number of amides is 1. The van der Waals surface area contributed by atoms with Crippen LogP contribution in [0.15, 0.2) is 24.3 Å². The zero-order chi connectivity index (χ0) is 11.6. The Hall–Kier alpha value is -1.51. The largest absolute Gasteiger partial charge is 0.497 e. The monoisotopic (exact) mass is 219 g/mol. The molecule has 3 nitrogen and oxygen atoms in total. The van der Waals surface area contributed by atoms with Crippen LogP contribution in [-0.2, 0) is 10.2 Å². The van der Waals surface area contributed by atoms with Crippen LogP contribution in [0.2, 0.25) is 0 Å². The second kappa shape index (κ2) is 4.16. The van der Waals surface area contributed by atoms with Crippen molar-refractivity contribution in [1.82, 2.24) is 5.32 Å². The first-order valence-corrected chi connectivity index (χ1v) is 5.66. The van der Waals surface area contributed by atoms with Crippen molar-refractivity contribution in [2.24, 2.45) is 0 Å². The molecule has 1 aromatic carbocycles. The maximum atomic E-state index is 11.8. The van der Waals surface area contributed by atoms with Gasteiger partial charge in [0.15, 0.2) is 0 Å². The molecule has 1 atom stereocenters. The highest BCUT2D eigenvalue weighted by Gasteiger charge is 2.46. The van der Waals surface area contributed by atoms with E-state index in [0.29, 0.717) is 0 Å². The summed E-state index contributed by atoms with van der Waals surface area (Å²) < 4.78 is 5.20. The minimum Gasteiger partial charge on any atom is -0.497 e. The lowest BCUT2D eigenvalue weighted by Crippen LogP contribution is -2.62. The lowest BCUT2D eigenvalue weighted by atomic mass is 9.71. The lowest BCUT2D eigenvalue weighted by molar-refractivity contribution is -0.134. The predicted molar refractivity (Wildman–Crippen MR) is 62.6 cm³/mol. The van der Waals surface area contributed by atoms with Crippen molar-refractivity contribution >= 4 is 5.91 Å². The zero-order valence-electron chi connectivity index (χ0n) is 9.75. The Bertz CT molecular complexity index is 403. The molecule has 0 spiro atoms. The van der Waals surface area contributed by atoms with Crippen LogP contribution in [0.25, 0.3) is 0 Å². The number of β-lactam (4-membered cyclic amide) rings is 1. The first-order valence-electron chi connectivity index (χ1n) is 5.66. The van der Waals surface area contributed by atoms with E-state index in [9.17, 15) is 4.79 Å². The molecule has 3 heteroatoms. The van der Waals surface area contributed by atoms with E-state index in [1.807, 2.05) is 24.3 Å². The highest BCUT2D eigenvalue weighted by Crippen LogP contribution is 2.35. The van der Waals surface area contributed by atoms with E-state index < -0.39 is 0 Å². The third-order valence-electron chi connectivity index (χ3n) is 3.28. The fourth-order valence-corrected chi connectivity index (χ4v) is 2.30. The fraction of sp³-hybridized carbons (Fsp3) is 0.462. The lowest BCUT2D eigenvalue weighted by Gasteiger charge is -2.41. The Morgan fingerprint density at radius 2 is 2.31 bits per heavy atom. The van der Waals surface area contributed by atoms with Crippen LogP contribution >= 0.6 is 0 Å². The number of methoxy groups -OCH3 is 1. The predicted octanol–water partition coefficient (Wildman–Crippen LogP) is 1.86. The standard InChI is InChI=1S/C13H17NO2/c1-3-7-13(9-14-12(13)15)10-5-4-6-11(8-10)16-2/h4-6,8H,3,7,9H2,1-2H3,(H,14,15)/t13-/m0/s1. The Balaban J connectivity index is 2.35. The topological polar surface area (TPSA) is 38.3 Å². The molecular formula is C13H17NO2. The van der Waals surface area contributed by atoms with Gasteiger partial charge in [0.05, 0.1) is 12.5 Å². The minimum atomic E-state index is -0.316. The highest BCUT2D eigenvalue weighted by molar-refractivity contribution is 5.94. The first-order chi connectivity index (χ1) is 7.73. The number of nitrogens with one attached hydrogen (secondary N) is 1. The van der Waals surface area contributed by atoms with Crippen LogP contribution in [0.1, 0.15) is 25.3 Å². The van der Waals surface area contributed by atoms with Crippen molar-refractivity contribution in [3.05, 3.63) is 29.8 Å². The second-order valence-corrected chi connectivity index (χ2v) is 4.25. The summed E-state index contributed by atoms with van der Waals surface area (Å²) in [7, 11) is 1.65. The van der Waals surface area contributed by atoms with Crippen molar-refractivity contribution in [1.29, 1.82) is 0 Å². The van der Waals surface area contributed by atoms with Crippen molar-refractivity contribution in [2.75, 3.05) is 13.7 Å². The van der Waals surface area contributed by atoms with Gasteiger partial charge < -0.3 is 10.1 Å². The SMILES string of the molecule is CCC[C@@]1(c2cccc(OC)c2)CNC1=O. The highest BCUT2D eigenvalue weighted by atomic mass is 16.5. The smallest absolute Gasteiger partial charge is 0.232 e. The fourth-order valence-electron chi connectivity index (χ4n) is 2.30. The maximum Gasteiger partial charge on any atom is 0.232 e. The van der Waals surface area contributed by atoms with Crippen molar-refractivity contribution in [3.63, 3.8) is 0 Å². The number of ether oxygens (including phenoxy) is 1. The number of hydrogen-bond acceptors (Lipinski definition) is 2. The van der Waals surface area contributed by atoms with Crippen LogP contribution in [0.3, 0.4) is 0 Å². The summed E-state index contributed by atoms with van der Waals surface area (Å²) in [5, 5.41) is 2.84. The van der Waals surface area contributed by atoms with E-state index in [0.717, 1.165) is 30.7 Å². The molecule has 0 unspecified atom stereocenters. The van der Waals surface area contributed by atoms with Crippen LogP contribution in [0.5, 0.6) is 5.75 Å². The summed E-state index contributed by atoms with van der Waals surface area (Å²) in [6, 6.07) is 7.82. The van der Waals surface area contributed by atoms with Crippen LogP contribution in [0.4, 0.5) is 0 Å². The Morgan fingerprint density at radius 3 is 2.81 bits per heavy atom. The van der Waals surface area contributed by atoms with Gasteiger partial charge >= 0.3 is 0 Å². The molecule has 86 valence electrons. The van der Waals surface area contributed by atoms with Crippen molar-refractivity contribution in [3.8, 4) is 5.75 Å². The van der Waals surface area contributed by atoms with Gasteiger partial charge in [0.25, 0.3) is 0 Å². The molecule has 1 saturated heterocycles. The number of rotatable bonds is 4. The van der Waals surface area contributed by atoms with Gasteiger partial charge in [-0.3, -0.25) is 4.79 Å². The number of carbonyl (C=O) groups excluding carboxylic acids is 1.